The molecule has 0 saturated carbocycles. The lowest BCUT2D eigenvalue weighted by Gasteiger charge is -2.09. The van der Waals surface area contributed by atoms with Crippen molar-refractivity contribution in [3.8, 4) is 6.07 Å². The molecule has 14 heavy (non-hydrogen) atoms. The molecule has 0 fully saturated rings. The van der Waals surface area contributed by atoms with Gasteiger partial charge in [-0.3, -0.25) is 0 Å². The summed E-state index contributed by atoms with van der Waals surface area (Å²) < 4.78 is 4.72. The van der Waals surface area contributed by atoms with Crippen LogP contribution in [0, 0.1) is 11.3 Å². The highest BCUT2D eigenvalue weighted by Crippen LogP contribution is 2.02. The Labute approximate surface area is 81.6 Å². The SMILES string of the molecule is CCOC(=O)N1C=CC=C(C#N)C=N1. The highest BCUT2D eigenvalue weighted by atomic mass is 16.6. The van der Waals surface area contributed by atoms with Crippen LogP contribution in [0.3, 0.4) is 0 Å². The molecule has 0 aromatic rings. The zero-order valence-electron chi connectivity index (χ0n) is 7.67. The summed E-state index contributed by atoms with van der Waals surface area (Å²) in [6.07, 6.45) is 5.29. The Balaban J connectivity index is 2.71. The van der Waals surface area contributed by atoms with E-state index in [4.69, 9.17) is 10.00 Å². The lowest BCUT2D eigenvalue weighted by atomic mass is 10.3. The van der Waals surface area contributed by atoms with Gasteiger partial charge < -0.3 is 4.74 Å². The number of allylic oxidation sites excluding steroid dienone is 3. The molecular formula is C9H9N3O2. The normalized spacial score (nSPS) is 14.3. The fourth-order valence-corrected chi connectivity index (χ4v) is 0.798. The third kappa shape index (κ3) is 2.45. The van der Waals surface area contributed by atoms with Crippen LogP contribution in [0.2, 0.25) is 0 Å². The third-order valence-corrected chi connectivity index (χ3v) is 1.41. The van der Waals surface area contributed by atoms with E-state index in [2.05, 4.69) is 5.10 Å². The molecule has 0 spiro atoms. The summed E-state index contributed by atoms with van der Waals surface area (Å²) in [7, 11) is 0. The second-order valence-electron chi connectivity index (χ2n) is 2.36. The molecule has 0 saturated heterocycles. The standard InChI is InChI=1S/C9H9N3O2/c1-2-14-9(13)12-5-3-4-8(6-10)7-11-12/h3-5,7H,2H2,1H3. The van der Waals surface area contributed by atoms with Gasteiger partial charge in [0.1, 0.15) is 6.07 Å². The van der Waals surface area contributed by atoms with Crippen LogP contribution in [0.4, 0.5) is 4.79 Å². The summed E-state index contributed by atoms with van der Waals surface area (Å²) in [5.74, 6) is 0. The number of carbonyl (C=O) groups excluding carboxylic acids is 1. The first kappa shape index (κ1) is 9.99. The predicted octanol–water partition coefficient (Wildman–Crippen LogP) is 1.41. The van der Waals surface area contributed by atoms with Gasteiger partial charge in [-0.05, 0) is 19.1 Å². The van der Waals surface area contributed by atoms with Gasteiger partial charge in [0.25, 0.3) is 0 Å². The molecule has 0 radical (unpaired) electrons. The molecule has 0 aliphatic carbocycles. The van der Waals surface area contributed by atoms with E-state index in [1.54, 1.807) is 19.1 Å². The Morgan fingerprint density at radius 1 is 1.79 bits per heavy atom. The number of ether oxygens (including phenoxy) is 1. The molecule has 1 heterocycles. The van der Waals surface area contributed by atoms with Crippen LogP contribution in [0.1, 0.15) is 6.92 Å². The Morgan fingerprint density at radius 2 is 2.57 bits per heavy atom. The first-order chi connectivity index (χ1) is 6.77. The van der Waals surface area contributed by atoms with Gasteiger partial charge in [0.2, 0.25) is 0 Å². The van der Waals surface area contributed by atoms with Crippen molar-refractivity contribution in [2.75, 3.05) is 6.61 Å². The van der Waals surface area contributed by atoms with Gasteiger partial charge in [0, 0.05) is 6.20 Å². The second kappa shape index (κ2) is 4.82. The number of nitrogens with zero attached hydrogens (tertiary/aromatic N) is 3. The minimum atomic E-state index is -0.562. The summed E-state index contributed by atoms with van der Waals surface area (Å²) in [5, 5.41) is 13.3. The molecule has 1 aliphatic heterocycles. The number of nitriles is 1. The van der Waals surface area contributed by atoms with Crippen molar-refractivity contribution in [3.63, 3.8) is 0 Å². The van der Waals surface area contributed by atoms with E-state index in [0.29, 0.717) is 5.57 Å². The molecule has 0 N–H and O–H groups in total. The first-order valence-corrected chi connectivity index (χ1v) is 4.06. The first-order valence-electron chi connectivity index (χ1n) is 4.06. The van der Waals surface area contributed by atoms with Gasteiger partial charge >= 0.3 is 6.09 Å². The molecule has 0 bridgehead atoms. The van der Waals surface area contributed by atoms with E-state index in [9.17, 15) is 4.79 Å². The zero-order chi connectivity index (χ0) is 10.4. The van der Waals surface area contributed by atoms with Crippen LogP contribution < -0.4 is 0 Å². The quantitative estimate of drug-likeness (QED) is 0.629. The summed E-state index contributed by atoms with van der Waals surface area (Å²) in [6.45, 7) is 2.00. The average Bonchev–Trinajstić information content (AvgIpc) is 2.42. The van der Waals surface area contributed by atoms with Gasteiger partial charge in [0.15, 0.2) is 0 Å². The maximum absolute atomic E-state index is 11.2. The smallest absolute Gasteiger partial charge is 0.434 e. The Morgan fingerprint density at radius 3 is 3.21 bits per heavy atom. The minimum Gasteiger partial charge on any atom is -0.448 e. The average molecular weight is 191 g/mol. The molecule has 0 aromatic carbocycles. The number of hydrogen-bond donors (Lipinski definition) is 0. The van der Waals surface area contributed by atoms with Gasteiger partial charge in [-0.2, -0.15) is 15.4 Å². The topological polar surface area (TPSA) is 65.7 Å². The fraction of sp³-hybridized carbons (Fsp3) is 0.222. The molecule has 5 nitrogen and oxygen atoms in total. The number of amides is 1. The van der Waals surface area contributed by atoms with E-state index in [1.807, 2.05) is 6.07 Å². The second-order valence-corrected chi connectivity index (χ2v) is 2.36. The summed E-state index contributed by atoms with van der Waals surface area (Å²) >= 11 is 0. The highest BCUT2D eigenvalue weighted by Gasteiger charge is 2.10. The van der Waals surface area contributed by atoms with E-state index < -0.39 is 6.09 Å². The molecule has 0 aromatic heterocycles. The molecule has 1 aliphatic rings. The van der Waals surface area contributed by atoms with E-state index >= 15 is 0 Å². The molecule has 0 atom stereocenters. The summed E-state index contributed by atoms with van der Waals surface area (Å²) in [5.41, 5.74) is 0.382. The number of hydrazone groups is 1. The van der Waals surface area contributed by atoms with Crippen molar-refractivity contribution in [2.24, 2.45) is 5.10 Å². The van der Waals surface area contributed by atoms with Crippen LogP contribution in [0.15, 0.2) is 29.0 Å². The van der Waals surface area contributed by atoms with E-state index in [0.717, 1.165) is 5.01 Å². The van der Waals surface area contributed by atoms with Crippen LogP contribution in [0.5, 0.6) is 0 Å². The van der Waals surface area contributed by atoms with E-state index in [1.165, 1.54) is 12.4 Å². The van der Waals surface area contributed by atoms with Crippen molar-refractivity contribution in [3.05, 3.63) is 23.9 Å². The van der Waals surface area contributed by atoms with Gasteiger partial charge in [0.05, 0.1) is 18.4 Å². The summed E-state index contributed by atoms with van der Waals surface area (Å²) in [6, 6.07) is 1.92. The predicted molar refractivity (Wildman–Crippen MR) is 50.2 cm³/mol. The molecule has 72 valence electrons. The molecule has 1 rings (SSSR count). The zero-order valence-corrected chi connectivity index (χ0v) is 7.67. The van der Waals surface area contributed by atoms with Crippen LogP contribution in [-0.2, 0) is 4.74 Å². The number of hydrogen-bond acceptors (Lipinski definition) is 4. The third-order valence-electron chi connectivity index (χ3n) is 1.41. The monoisotopic (exact) mass is 191 g/mol. The maximum atomic E-state index is 11.2. The fourth-order valence-electron chi connectivity index (χ4n) is 0.798. The van der Waals surface area contributed by atoms with E-state index in [-0.39, 0.29) is 6.61 Å². The van der Waals surface area contributed by atoms with Gasteiger partial charge in [-0.15, -0.1) is 0 Å². The van der Waals surface area contributed by atoms with Crippen LogP contribution in [0.25, 0.3) is 0 Å². The van der Waals surface area contributed by atoms with Gasteiger partial charge in [-0.25, -0.2) is 4.79 Å². The van der Waals surface area contributed by atoms with Crippen molar-refractivity contribution in [1.29, 1.82) is 5.26 Å². The lowest BCUT2D eigenvalue weighted by Crippen LogP contribution is -2.21. The minimum absolute atomic E-state index is 0.289. The molecule has 0 unspecified atom stereocenters. The van der Waals surface area contributed by atoms with Crippen molar-refractivity contribution in [2.45, 2.75) is 6.92 Å². The largest absolute Gasteiger partial charge is 0.448 e. The molecule has 5 heteroatoms. The van der Waals surface area contributed by atoms with Crippen molar-refractivity contribution < 1.29 is 9.53 Å². The van der Waals surface area contributed by atoms with Crippen LogP contribution in [-0.4, -0.2) is 23.9 Å². The van der Waals surface area contributed by atoms with Crippen molar-refractivity contribution in [1.82, 2.24) is 5.01 Å². The van der Waals surface area contributed by atoms with Crippen molar-refractivity contribution >= 4 is 12.3 Å². The molecular weight excluding hydrogens is 182 g/mol. The highest BCUT2D eigenvalue weighted by molar-refractivity contribution is 5.85. The summed E-state index contributed by atoms with van der Waals surface area (Å²) in [4.78, 5) is 11.2. The number of carbonyl (C=O) groups is 1. The maximum Gasteiger partial charge on any atom is 0.434 e. The number of rotatable bonds is 1. The Kier molecular flexibility index (Phi) is 3.44. The lowest BCUT2D eigenvalue weighted by molar-refractivity contribution is 0.123. The van der Waals surface area contributed by atoms with Crippen LogP contribution >= 0.6 is 0 Å². The van der Waals surface area contributed by atoms with Gasteiger partial charge in [-0.1, -0.05) is 0 Å². The molecule has 1 amide bonds. The Bertz CT molecular complexity index is 350. The Hall–Kier alpha value is -2.09.